The molecule has 0 aliphatic rings. The zero-order valence-electron chi connectivity index (χ0n) is 6.19. The zero-order valence-corrected chi connectivity index (χ0v) is 6.94. The first-order valence-corrected chi connectivity index (χ1v) is 3.58. The van der Waals surface area contributed by atoms with Crippen LogP contribution in [-0.4, -0.2) is 18.5 Å². The van der Waals surface area contributed by atoms with E-state index in [0.717, 1.165) is 5.57 Å². The summed E-state index contributed by atoms with van der Waals surface area (Å²) in [6, 6.07) is 0. The number of rotatable bonds is 3. The Bertz CT molecular complexity index is 137. The maximum absolute atomic E-state index is 10.7. The maximum atomic E-state index is 10.7. The first-order chi connectivity index (χ1) is 4.66. The van der Waals surface area contributed by atoms with Crippen LogP contribution >= 0.6 is 11.6 Å². The van der Waals surface area contributed by atoms with Gasteiger partial charge in [-0.15, -0.1) is 11.6 Å². The van der Waals surface area contributed by atoms with Gasteiger partial charge in [-0.3, -0.25) is 0 Å². The van der Waals surface area contributed by atoms with Crippen molar-refractivity contribution < 1.29 is 9.53 Å². The predicted molar refractivity (Wildman–Crippen MR) is 41.1 cm³/mol. The Labute approximate surface area is 65.8 Å². The van der Waals surface area contributed by atoms with Gasteiger partial charge in [0.25, 0.3) is 0 Å². The molecule has 2 nitrogen and oxygen atoms in total. The number of ether oxygens (including phenoxy) is 1. The van der Waals surface area contributed by atoms with Gasteiger partial charge < -0.3 is 4.74 Å². The molecule has 0 fully saturated rings. The van der Waals surface area contributed by atoms with E-state index in [4.69, 9.17) is 11.6 Å². The second kappa shape index (κ2) is 5.30. The van der Waals surface area contributed by atoms with Crippen molar-refractivity contribution in [1.82, 2.24) is 0 Å². The minimum atomic E-state index is -0.319. The highest BCUT2D eigenvalue weighted by atomic mass is 35.5. The van der Waals surface area contributed by atoms with Crippen LogP contribution in [0.1, 0.15) is 13.8 Å². The monoisotopic (exact) mass is 162 g/mol. The van der Waals surface area contributed by atoms with E-state index in [2.05, 4.69) is 4.74 Å². The van der Waals surface area contributed by atoms with Crippen LogP contribution in [0.15, 0.2) is 11.6 Å². The molecule has 0 rings (SSSR count). The maximum Gasteiger partial charge on any atom is 0.330 e. The van der Waals surface area contributed by atoms with Gasteiger partial charge in [-0.1, -0.05) is 5.57 Å². The summed E-state index contributed by atoms with van der Waals surface area (Å²) < 4.78 is 4.65. The fraction of sp³-hybridized carbons (Fsp3) is 0.571. The van der Waals surface area contributed by atoms with Crippen LogP contribution in [0, 0.1) is 0 Å². The van der Waals surface area contributed by atoms with E-state index in [9.17, 15) is 4.79 Å². The highest BCUT2D eigenvalue weighted by molar-refractivity contribution is 6.18. The molecule has 58 valence electrons. The summed E-state index contributed by atoms with van der Waals surface area (Å²) in [6.45, 7) is 3.95. The van der Waals surface area contributed by atoms with Crippen molar-refractivity contribution in [3.63, 3.8) is 0 Å². The average Bonchev–Trinajstić information content (AvgIpc) is 1.82. The fourth-order valence-electron chi connectivity index (χ4n) is 0.417. The number of carbonyl (C=O) groups is 1. The minimum Gasteiger partial charge on any atom is -0.461 e. The normalized spacial score (nSPS) is 8.70. The van der Waals surface area contributed by atoms with Crippen LogP contribution in [0.5, 0.6) is 0 Å². The van der Waals surface area contributed by atoms with Crippen molar-refractivity contribution in [3.8, 4) is 0 Å². The van der Waals surface area contributed by atoms with Gasteiger partial charge in [-0.25, -0.2) is 4.79 Å². The molecule has 0 bridgehead atoms. The Balaban J connectivity index is 3.54. The topological polar surface area (TPSA) is 26.3 Å². The van der Waals surface area contributed by atoms with E-state index in [1.54, 1.807) is 0 Å². The molecule has 0 unspecified atom stereocenters. The standard InChI is InChI=1S/C7H11ClO2/c1-6(2)5-7(9)10-4-3-8/h5H,3-4H2,1-2H3. The first-order valence-electron chi connectivity index (χ1n) is 3.04. The molecule has 0 radical (unpaired) electrons. The number of esters is 1. The molecule has 0 spiro atoms. The lowest BCUT2D eigenvalue weighted by Crippen LogP contribution is -2.03. The third-order valence-electron chi connectivity index (χ3n) is 0.728. The van der Waals surface area contributed by atoms with Gasteiger partial charge in [-0.05, 0) is 13.8 Å². The van der Waals surface area contributed by atoms with E-state index < -0.39 is 0 Å². The number of carbonyl (C=O) groups excluding carboxylic acids is 1. The van der Waals surface area contributed by atoms with Crippen molar-refractivity contribution in [2.75, 3.05) is 12.5 Å². The summed E-state index contributed by atoms with van der Waals surface area (Å²) in [4.78, 5) is 10.7. The summed E-state index contributed by atoms with van der Waals surface area (Å²) in [5, 5.41) is 0. The molecule has 0 aliphatic carbocycles. The Hall–Kier alpha value is -0.500. The second-order valence-electron chi connectivity index (χ2n) is 2.08. The van der Waals surface area contributed by atoms with E-state index in [0.29, 0.717) is 5.88 Å². The number of hydrogen-bond acceptors (Lipinski definition) is 2. The van der Waals surface area contributed by atoms with Crippen molar-refractivity contribution in [3.05, 3.63) is 11.6 Å². The molecule has 0 N–H and O–H groups in total. The van der Waals surface area contributed by atoms with Crippen molar-refractivity contribution in [1.29, 1.82) is 0 Å². The van der Waals surface area contributed by atoms with Gasteiger partial charge in [0.2, 0.25) is 0 Å². The lowest BCUT2D eigenvalue weighted by Gasteiger charge is -1.96. The van der Waals surface area contributed by atoms with E-state index >= 15 is 0 Å². The van der Waals surface area contributed by atoms with Gasteiger partial charge >= 0.3 is 5.97 Å². The smallest absolute Gasteiger partial charge is 0.330 e. The molecular formula is C7H11ClO2. The van der Waals surface area contributed by atoms with Crippen LogP contribution in [0.25, 0.3) is 0 Å². The van der Waals surface area contributed by atoms with Crippen LogP contribution in [0.4, 0.5) is 0 Å². The summed E-state index contributed by atoms with van der Waals surface area (Å²) in [7, 11) is 0. The molecule has 10 heavy (non-hydrogen) atoms. The van der Waals surface area contributed by atoms with Crippen molar-refractivity contribution in [2.24, 2.45) is 0 Å². The van der Waals surface area contributed by atoms with Gasteiger partial charge in [-0.2, -0.15) is 0 Å². The lowest BCUT2D eigenvalue weighted by molar-refractivity contribution is -0.137. The van der Waals surface area contributed by atoms with Crippen LogP contribution in [0.2, 0.25) is 0 Å². The Morgan fingerprint density at radius 3 is 2.60 bits per heavy atom. The highest BCUT2D eigenvalue weighted by Crippen LogP contribution is 1.90. The van der Waals surface area contributed by atoms with Gasteiger partial charge in [0, 0.05) is 6.08 Å². The summed E-state index contributed by atoms with van der Waals surface area (Å²) >= 11 is 5.28. The number of alkyl halides is 1. The molecule has 0 aliphatic heterocycles. The van der Waals surface area contributed by atoms with Crippen molar-refractivity contribution >= 4 is 17.6 Å². The van der Waals surface area contributed by atoms with E-state index in [-0.39, 0.29) is 12.6 Å². The predicted octanol–water partition coefficient (Wildman–Crippen LogP) is 1.73. The largest absolute Gasteiger partial charge is 0.461 e. The quantitative estimate of drug-likeness (QED) is 0.359. The third kappa shape index (κ3) is 5.63. The summed E-state index contributed by atoms with van der Waals surface area (Å²) in [6.07, 6.45) is 1.44. The minimum absolute atomic E-state index is 0.282. The fourth-order valence-corrected chi connectivity index (χ4v) is 0.494. The zero-order chi connectivity index (χ0) is 7.98. The lowest BCUT2D eigenvalue weighted by atomic mass is 10.3. The Morgan fingerprint density at radius 1 is 1.60 bits per heavy atom. The molecule has 0 aromatic carbocycles. The Kier molecular flexibility index (Phi) is 5.03. The molecule has 0 heterocycles. The van der Waals surface area contributed by atoms with E-state index in [1.165, 1.54) is 6.08 Å². The van der Waals surface area contributed by atoms with Crippen LogP contribution < -0.4 is 0 Å². The molecule has 0 saturated heterocycles. The summed E-state index contributed by atoms with van der Waals surface area (Å²) in [5.41, 5.74) is 0.930. The molecular weight excluding hydrogens is 152 g/mol. The van der Waals surface area contributed by atoms with E-state index in [1.807, 2.05) is 13.8 Å². The first kappa shape index (κ1) is 9.50. The van der Waals surface area contributed by atoms with Gasteiger partial charge in [0.1, 0.15) is 6.61 Å². The number of allylic oxidation sites excluding steroid dienone is 1. The molecule has 3 heteroatoms. The SMILES string of the molecule is CC(C)=CC(=O)OCCCl. The van der Waals surface area contributed by atoms with Crippen LogP contribution in [-0.2, 0) is 9.53 Å². The number of halogens is 1. The van der Waals surface area contributed by atoms with Crippen LogP contribution in [0.3, 0.4) is 0 Å². The molecule has 0 aromatic heterocycles. The van der Waals surface area contributed by atoms with Gasteiger partial charge in [0.15, 0.2) is 0 Å². The molecule has 0 aromatic rings. The Morgan fingerprint density at radius 2 is 2.20 bits per heavy atom. The van der Waals surface area contributed by atoms with Crippen molar-refractivity contribution in [2.45, 2.75) is 13.8 Å². The molecule has 0 atom stereocenters. The highest BCUT2D eigenvalue weighted by Gasteiger charge is 1.94. The molecule has 0 amide bonds. The molecule has 0 saturated carbocycles. The summed E-state index contributed by atoms with van der Waals surface area (Å²) in [5.74, 6) is 0.0307. The average molecular weight is 163 g/mol. The number of hydrogen-bond donors (Lipinski definition) is 0. The third-order valence-corrected chi connectivity index (χ3v) is 0.882. The second-order valence-corrected chi connectivity index (χ2v) is 2.46. The van der Waals surface area contributed by atoms with Gasteiger partial charge in [0.05, 0.1) is 5.88 Å².